The summed E-state index contributed by atoms with van der Waals surface area (Å²) in [6, 6.07) is 50.8. The van der Waals surface area contributed by atoms with E-state index >= 15 is 0 Å². The summed E-state index contributed by atoms with van der Waals surface area (Å²) in [7, 11) is 0. The van der Waals surface area contributed by atoms with E-state index in [2.05, 4.69) is 121 Å². The van der Waals surface area contributed by atoms with Gasteiger partial charge in [-0.25, -0.2) is 0 Å². The number of hydrogen-bond acceptors (Lipinski definition) is 6. The molecule has 8 aromatic rings. The van der Waals surface area contributed by atoms with Gasteiger partial charge in [0.25, 0.3) is 0 Å². The van der Waals surface area contributed by atoms with Gasteiger partial charge in [0.1, 0.15) is 11.6 Å². The van der Waals surface area contributed by atoms with Crippen LogP contribution in [-0.4, -0.2) is 51.9 Å². The Balaban J connectivity index is 0.000000446. The van der Waals surface area contributed by atoms with E-state index in [9.17, 15) is 0 Å². The fourth-order valence-corrected chi connectivity index (χ4v) is 5.94. The van der Waals surface area contributed by atoms with Gasteiger partial charge in [-0.05, 0) is 75.2 Å². The third kappa shape index (κ3) is 12.2. The van der Waals surface area contributed by atoms with Crippen molar-refractivity contribution in [2.75, 3.05) is 0 Å². The third-order valence-electron chi connectivity index (χ3n) is 8.29. The van der Waals surface area contributed by atoms with Crippen molar-refractivity contribution in [1.29, 1.82) is 0 Å². The minimum Gasteiger partial charge on any atom is -0.393 e. The van der Waals surface area contributed by atoms with Crippen LogP contribution in [0.1, 0.15) is 54.2 Å². The molecule has 2 N–H and O–H groups in total. The Kier molecular flexibility index (Phi) is 20.6. The van der Waals surface area contributed by atoms with Gasteiger partial charge in [-0.2, -0.15) is 5.10 Å². The molecule has 0 aliphatic rings. The monoisotopic (exact) mass is 1110 g/mol. The zero-order chi connectivity index (χ0) is 35.7. The van der Waals surface area contributed by atoms with E-state index in [1.54, 1.807) is 13.8 Å². The molecule has 0 bridgehead atoms. The summed E-state index contributed by atoms with van der Waals surface area (Å²) in [5.41, 5.74) is 4.15. The minimum absolute atomic E-state index is 0. The molecule has 2 heterocycles. The van der Waals surface area contributed by atoms with E-state index in [1.807, 2.05) is 68.4 Å². The van der Waals surface area contributed by atoms with Crippen LogP contribution in [0.2, 0.25) is 0 Å². The van der Waals surface area contributed by atoms with E-state index < -0.39 is 0 Å². The molecule has 0 aliphatic carbocycles. The van der Waals surface area contributed by atoms with Crippen molar-refractivity contribution in [2.45, 2.75) is 68.6 Å². The topological polar surface area (TPSA) is 102 Å². The molecular formula is C46H53Ir2N6O2-. The largest absolute Gasteiger partial charge is 0.393 e. The third-order valence-corrected chi connectivity index (χ3v) is 8.29. The van der Waals surface area contributed by atoms with Gasteiger partial charge < -0.3 is 14.8 Å². The number of para-hydroxylation sites is 2. The maximum atomic E-state index is 8.56. The number of aliphatic hydroxyl groups is 2. The normalized spacial score (nSPS) is 11.0. The summed E-state index contributed by atoms with van der Waals surface area (Å²) in [5.74, 6) is 3.43. The maximum Gasteiger partial charge on any atom is 0.168 e. The van der Waals surface area contributed by atoms with Gasteiger partial charge in [-0.1, -0.05) is 125 Å². The molecule has 0 saturated carbocycles. The van der Waals surface area contributed by atoms with Gasteiger partial charge in [-0.15, -0.1) is 44.4 Å². The summed E-state index contributed by atoms with van der Waals surface area (Å²) in [6.07, 6.45) is -0.278. The van der Waals surface area contributed by atoms with Crippen molar-refractivity contribution >= 4 is 21.5 Å². The molecule has 0 spiro atoms. The predicted molar refractivity (Wildman–Crippen MR) is 225 cm³/mol. The van der Waals surface area contributed by atoms with E-state index in [0.29, 0.717) is 6.42 Å². The number of fused-ring (bicyclic) bond motifs is 2. The number of nitrogens with zero attached hydrogens (tertiary/aromatic N) is 6. The van der Waals surface area contributed by atoms with Gasteiger partial charge in [0.2, 0.25) is 0 Å². The first kappa shape index (κ1) is 49.4. The molecule has 8 nitrogen and oxygen atoms in total. The Morgan fingerprint density at radius 1 is 0.518 bits per heavy atom. The zero-order valence-electron chi connectivity index (χ0n) is 29.9. The van der Waals surface area contributed by atoms with Gasteiger partial charge in [0.05, 0.1) is 18.0 Å². The quantitative estimate of drug-likeness (QED) is 0.161. The second kappa shape index (κ2) is 23.4. The summed E-state index contributed by atoms with van der Waals surface area (Å²) in [5, 5.41) is 39.2. The first-order chi connectivity index (χ1) is 24.8. The SMILES string of the molecule is C.C.C.CC(O)CC(C)O.Cc1nnc(-c2[c-]cc3ccccc3c2)n1-c1ccccc1.Cc1nnc(-c2ccc3ccccc3c2)n1-c1ccccc1.[Ir].[Ir]. The number of rotatable bonds is 6. The maximum absolute atomic E-state index is 8.56. The van der Waals surface area contributed by atoms with Crippen LogP contribution in [0, 0.1) is 19.9 Å². The van der Waals surface area contributed by atoms with Crippen molar-refractivity contribution < 1.29 is 50.4 Å². The number of aliphatic hydroxyl groups excluding tert-OH is 2. The van der Waals surface area contributed by atoms with Crippen molar-refractivity contribution in [3.05, 3.63) is 157 Å². The van der Waals surface area contributed by atoms with Gasteiger partial charge in [0, 0.05) is 57.1 Å². The molecule has 8 rings (SSSR count). The molecule has 0 amide bonds. The number of aromatic nitrogens is 6. The summed E-state index contributed by atoms with van der Waals surface area (Å²) in [4.78, 5) is 0. The summed E-state index contributed by atoms with van der Waals surface area (Å²) >= 11 is 0. The Labute approximate surface area is 359 Å². The van der Waals surface area contributed by atoms with Crippen LogP contribution in [0.15, 0.2) is 140 Å². The number of hydrogen-bond donors (Lipinski definition) is 2. The molecule has 0 aliphatic heterocycles. The van der Waals surface area contributed by atoms with Crippen molar-refractivity contribution in [2.24, 2.45) is 0 Å². The molecular weight excluding hydrogens is 1050 g/mol. The first-order valence-electron chi connectivity index (χ1n) is 17.0. The van der Waals surface area contributed by atoms with E-state index in [0.717, 1.165) is 45.8 Å². The minimum atomic E-state index is -0.375. The first-order valence-corrected chi connectivity index (χ1v) is 17.0. The molecule has 0 fully saturated rings. The van der Waals surface area contributed by atoms with Crippen LogP contribution in [0.4, 0.5) is 0 Å². The van der Waals surface area contributed by atoms with E-state index in [1.165, 1.54) is 21.5 Å². The molecule has 2 atom stereocenters. The van der Waals surface area contributed by atoms with Gasteiger partial charge in [-0.3, -0.25) is 4.57 Å². The number of aryl methyl sites for hydroxylation is 2. The summed E-state index contributed by atoms with van der Waals surface area (Å²) in [6.45, 7) is 7.26. The fraction of sp³-hybridized carbons (Fsp3) is 0.217. The van der Waals surface area contributed by atoms with Crippen LogP contribution in [0.3, 0.4) is 0 Å². The van der Waals surface area contributed by atoms with Crippen LogP contribution < -0.4 is 0 Å². The predicted octanol–water partition coefficient (Wildman–Crippen LogP) is 10.6. The van der Waals surface area contributed by atoms with Gasteiger partial charge in [0.15, 0.2) is 5.82 Å². The van der Waals surface area contributed by atoms with E-state index in [4.69, 9.17) is 10.2 Å². The Morgan fingerprint density at radius 3 is 1.45 bits per heavy atom. The molecule has 0 saturated heterocycles. The van der Waals surface area contributed by atoms with Crippen LogP contribution in [0.25, 0.3) is 55.7 Å². The van der Waals surface area contributed by atoms with Crippen LogP contribution in [0.5, 0.6) is 0 Å². The Morgan fingerprint density at radius 2 is 0.946 bits per heavy atom. The smallest absolute Gasteiger partial charge is 0.168 e. The van der Waals surface area contributed by atoms with Gasteiger partial charge >= 0.3 is 0 Å². The van der Waals surface area contributed by atoms with Crippen molar-refractivity contribution in [3.63, 3.8) is 0 Å². The van der Waals surface area contributed by atoms with Crippen LogP contribution >= 0.6 is 0 Å². The van der Waals surface area contributed by atoms with Crippen LogP contribution in [-0.2, 0) is 40.2 Å². The molecule has 2 unspecified atom stereocenters. The second-order valence-electron chi connectivity index (χ2n) is 12.5. The Bertz CT molecular complexity index is 2180. The molecule has 2 aromatic heterocycles. The average Bonchev–Trinajstić information content (AvgIpc) is 3.74. The van der Waals surface area contributed by atoms with Crippen molar-refractivity contribution in [3.8, 4) is 34.2 Å². The Hall–Kier alpha value is -4.66. The number of benzene rings is 6. The molecule has 298 valence electrons. The molecule has 6 aromatic carbocycles. The standard InChI is InChI=1S/C19H15N3.C19H14N3.C5H12O2.3CH4.2Ir/c2*1-14-20-21-19(22(14)18-9-3-2-4-10-18)17-12-11-15-7-5-6-8-16(15)13-17;1-4(6)3-5(2)7;;;;;/h2-13H,1H3;2-11,13H,1H3;4-7H,3H2,1-2H3;3*1H4;;/q;-1;;;;;;. The van der Waals surface area contributed by atoms with Crippen molar-refractivity contribution in [1.82, 2.24) is 29.5 Å². The molecule has 10 heteroatoms. The fourth-order valence-electron chi connectivity index (χ4n) is 5.94. The average molecular weight is 1110 g/mol. The second-order valence-corrected chi connectivity index (χ2v) is 12.5. The molecule has 2 radical (unpaired) electrons. The zero-order valence-corrected chi connectivity index (χ0v) is 34.7. The van der Waals surface area contributed by atoms with E-state index in [-0.39, 0.29) is 74.7 Å². The summed E-state index contributed by atoms with van der Waals surface area (Å²) < 4.78 is 4.14. The molecule has 56 heavy (non-hydrogen) atoms.